The predicted molar refractivity (Wildman–Crippen MR) is 99.6 cm³/mol. The second-order valence-electron chi connectivity index (χ2n) is 7.39. The molecule has 2 fully saturated rings. The number of piperidine rings is 1. The van der Waals surface area contributed by atoms with Gasteiger partial charge < -0.3 is 19.1 Å². The molecular formula is C19H23N3O4S. The van der Waals surface area contributed by atoms with Crippen LogP contribution in [0.3, 0.4) is 0 Å². The molecule has 0 aromatic carbocycles. The smallest absolute Gasteiger partial charge is 0.292 e. The topological polar surface area (TPSA) is 75.9 Å². The fourth-order valence-corrected chi connectivity index (χ4v) is 4.75. The van der Waals surface area contributed by atoms with E-state index in [9.17, 15) is 9.59 Å². The number of carbonyl (C=O) groups is 2. The van der Waals surface area contributed by atoms with Crippen LogP contribution in [0.15, 0.2) is 27.4 Å². The number of aromatic nitrogens is 1. The molecule has 2 aromatic heterocycles. The van der Waals surface area contributed by atoms with E-state index < -0.39 is 0 Å². The van der Waals surface area contributed by atoms with E-state index in [1.54, 1.807) is 23.2 Å². The fourth-order valence-electron chi connectivity index (χ4n) is 4.09. The fraction of sp³-hybridized carbons (Fsp3) is 0.526. The average molecular weight is 389 g/mol. The summed E-state index contributed by atoms with van der Waals surface area (Å²) in [6, 6.07) is 3.87. The Labute approximate surface area is 161 Å². The van der Waals surface area contributed by atoms with Crippen molar-refractivity contribution in [3.63, 3.8) is 0 Å². The molecule has 7 nitrogen and oxygen atoms in total. The average Bonchev–Trinajstić information content (AvgIpc) is 3.08. The summed E-state index contributed by atoms with van der Waals surface area (Å²) in [6.45, 7) is 3.66. The Balaban J connectivity index is 1.37. The molecule has 0 radical (unpaired) electrons. The molecular weight excluding hydrogens is 366 g/mol. The lowest BCUT2D eigenvalue weighted by molar-refractivity contribution is -0.130. The second kappa shape index (κ2) is 6.99. The molecule has 0 N–H and O–H groups in total. The highest BCUT2D eigenvalue weighted by atomic mass is 32.1. The van der Waals surface area contributed by atoms with Gasteiger partial charge in [0.2, 0.25) is 11.7 Å². The molecule has 1 spiro atoms. The van der Waals surface area contributed by atoms with Crippen molar-refractivity contribution >= 4 is 23.2 Å². The van der Waals surface area contributed by atoms with Gasteiger partial charge in [0.25, 0.3) is 11.8 Å². The van der Waals surface area contributed by atoms with Gasteiger partial charge in [-0.05, 0) is 52.2 Å². The van der Waals surface area contributed by atoms with Gasteiger partial charge in [-0.2, -0.15) is 11.3 Å². The SMILES string of the molecule is COc1cc(C(=O)N2CCC3(CC2)CC3N(Cc2ccsc2)C(C)=O)on1. The highest BCUT2D eigenvalue weighted by molar-refractivity contribution is 7.07. The van der Waals surface area contributed by atoms with E-state index in [-0.39, 0.29) is 29.0 Å². The summed E-state index contributed by atoms with van der Waals surface area (Å²) in [5.74, 6) is 0.479. The summed E-state index contributed by atoms with van der Waals surface area (Å²) in [6.07, 6.45) is 2.83. The standard InChI is InChI=1S/C19H23N3O4S/c1-13(23)22(11-14-3-8-27-12-14)16-10-19(16)4-6-21(7-5-19)18(24)15-9-17(25-2)20-26-15/h3,8-9,12,16H,4-7,10-11H2,1-2H3. The van der Waals surface area contributed by atoms with Crippen LogP contribution in [0.2, 0.25) is 0 Å². The van der Waals surface area contributed by atoms with Gasteiger partial charge in [0, 0.05) is 32.6 Å². The second-order valence-corrected chi connectivity index (χ2v) is 8.17. The molecule has 3 heterocycles. The minimum absolute atomic E-state index is 0.121. The number of thiophene rings is 1. The van der Waals surface area contributed by atoms with Crippen molar-refractivity contribution in [3.8, 4) is 5.88 Å². The Morgan fingerprint density at radius 1 is 1.44 bits per heavy atom. The maximum absolute atomic E-state index is 12.6. The van der Waals surface area contributed by atoms with Crippen molar-refractivity contribution in [2.45, 2.75) is 38.8 Å². The Kier molecular flexibility index (Phi) is 4.67. The van der Waals surface area contributed by atoms with E-state index in [1.165, 1.54) is 18.7 Å². The van der Waals surface area contributed by atoms with E-state index >= 15 is 0 Å². The molecule has 1 aliphatic heterocycles. The van der Waals surface area contributed by atoms with E-state index in [4.69, 9.17) is 9.26 Å². The molecule has 1 atom stereocenters. The summed E-state index contributed by atoms with van der Waals surface area (Å²) >= 11 is 1.65. The Morgan fingerprint density at radius 2 is 2.22 bits per heavy atom. The largest absolute Gasteiger partial charge is 0.479 e. The van der Waals surface area contributed by atoms with Gasteiger partial charge >= 0.3 is 0 Å². The van der Waals surface area contributed by atoms with Gasteiger partial charge in [-0.1, -0.05) is 0 Å². The minimum Gasteiger partial charge on any atom is -0.479 e. The number of hydrogen-bond donors (Lipinski definition) is 0. The van der Waals surface area contributed by atoms with Gasteiger partial charge in [-0.25, -0.2) is 0 Å². The molecule has 2 aliphatic rings. The van der Waals surface area contributed by atoms with E-state index in [2.05, 4.69) is 16.6 Å². The third-order valence-electron chi connectivity index (χ3n) is 5.82. The van der Waals surface area contributed by atoms with Crippen LogP contribution >= 0.6 is 11.3 Å². The molecule has 1 saturated carbocycles. The number of hydrogen-bond acceptors (Lipinski definition) is 6. The van der Waals surface area contributed by atoms with Crippen LogP contribution in [0.4, 0.5) is 0 Å². The molecule has 2 amide bonds. The molecule has 144 valence electrons. The first-order chi connectivity index (χ1) is 13.0. The summed E-state index contributed by atoms with van der Waals surface area (Å²) in [5.41, 5.74) is 1.33. The zero-order chi connectivity index (χ0) is 19.0. The third-order valence-corrected chi connectivity index (χ3v) is 6.55. The van der Waals surface area contributed by atoms with Crippen LogP contribution in [0.5, 0.6) is 5.88 Å². The van der Waals surface area contributed by atoms with Crippen molar-refractivity contribution in [1.82, 2.24) is 15.0 Å². The summed E-state index contributed by atoms with van der Waals surface area (Å²) in [4.78, 5) is 28.6. The van der Waals surface area contributed by atoms with Crippen LogP contribution in [0.1, 0.15) is 42.3 Å². The monoisotopic (exact) mass is 389 g/mol. The number of amides is 2. The van der Waals surface area contributed by atoms with Crippen LogP contribution < -0.4 is 4.74 Å². The van der Waals surface area contributed by atoms with Gasteiger partial charge in [-0.15, -0.1) is 0 Å². The molecule has 1 aliphatic carbocycles. The highest BCUT2D eigenvalue weighted by Gasteiger charge is 2.58. The van der Waals surface area contributed by atoms with E-state index in [0.29, 0.717) is 25.5 Å². The van der Waals surface area contributed by atoms with Crippen molar-refractivity contribution in [1.29, 1.82) is 0 Å². The number of likely N-dealkylation sites (tertiary alicyclic amines) is 1. The van der Waals surface area contributed by atoms with Gasteiger partial charge in [0.05, 0.1) is 13.2 Å². The molecule has 1 saturated heterocycles. The molecule has 4 rings (SSSR count). The first kappa shape index (κ1) is 18.0. The van der Waals surface area contributed by atoms with Crippen LogP contribution in [-0.2, 0) is 11.3 Å². The first-order valence-corrected chi connectivity index (χ1v) is 10.0. The quantitative estimate of drug-likeness (QED) is 0.786. The van der Waals surface area contributed by atoms with Crippen molar-refractivity contribution in [2.75, 3.05) is 20.2 Å². The normalized spacial score (nSPS) is 20.5. The summed E-state index contributed by atoms with van der Waals surface area (Å²) < 4.78 is 10.0. The summed E-state index contributed by atoms with van der Waals surface area (Å²) in [7, 11) is 1.49. The van der Waals surface area contributed by atoms with E-state index in [1.807, 2.05) is 10.3 Å². The van der Waals surface area contributed by atoms with Crippen molar-refractivity contribution in [2.24, 2.45) is 5.41 Å². The van der Waals surface area contributed by atoms with Crippen molar-refractivity contribution in [3.05, 3.63) is 34.2 Å². The Morgan fingerprint density at radius 3 is 2.81 bits per heavy atom. The Hall–Kier alpha value is -2.35. The van der Waals surface area contributed by atoms with Crippen molar-refractivity contribution < 1.29 is 18.8 Å². The molecule has 1 unspecified atom stereocenters. The van der Waals surface area contributed by atoms with E-state index in [0.717, 1.165) is 19.3 Å². The zero-order valence-corrected chi connectivity index (χ0v) is 16.3. The molecule has 0 bridgehead atoms. The molecule has 2 aromatic rings. The van der Waals surface area contributed by atoms with Gasteiger partial charge in [-0.3, -0.25) is 9.59 Å². The van der Waals surface area contributed by atoms with Crippen LogP contribution in [0.25, 0.3) is 0 Å². The first-order valence-electron chi connectivity index (χ1n) is 9.11. The number of carbonyl (C=O) groups excluding carboxylic acids is 2. The Bertz CT molecular complexity index is 824. The third kappa shape index (κ3) is 3.45. The lowest BCUT2D eigenvalue weighted by Crippen LogP contribution is -2.42. The number of nitrogens with zero attached hydrogens (tertiary/aromatic N) is 3. The molecule has 27 heavy (non-hydrogen) atoms. The maximum Gasteiger partial charge on any atom is 0.292 e. The van der Waals surface area contributed by atoms with Crippen LogP contribution in [0, 0.1) is 5.41 Å². The lowest BCUT2D eigenvalue weighted by atomic mass is 9.92. The van der Waals surface area contributed by atoms with Gasteiger partial charge in [0.1, 0.15) is 0 Å². The maximum atomic E-state index is 12.6. The molecule has 8 heteroatoms. The zero-order valence-electron chi connectivity index (χ0n) is 15.5. The summed E-state index contributed by atoms with van der Waals surface area (Å²) in [5, 5.41) is 7.83. The predicted octanol–water partition coefficient (Wildman–Crippen LogP) is 2.79. The lowest BCUT2D eigenvalue weighted by Gasteiger charge is -2.34. The number of methoxy groups -OCH3 is 1. The number of ether oxygens (including phenoxy) is 1. The van der Waals surface area contributed by atoms with Gasteiger partial charge in [0.15, 0.2) is 0 Å². The number of rotatable bonds is 5. The minimum atomic E-state index is -0.153. The highest BCUT2D eigenvalue weighted by Crippen LogP contribution is 2.57. The van der Waals surface area contributed by atoms with Crippen LogP contribution in [-0.4, -0.2) is 53.0 Å².